The molecule has 4 nitrogen and oxygen atoms in total. The quantitative estimate of drug-likeness (QED) is 0.119. The Bertz CT molecular complexity index is 1010. The van der Waals surface area contributed by atoms with Crippen molar-refractivity contribution < 1.29 is 19.1 Å². The predicted molar refractivity (Wildman–Crippen MR) is 189 cm³/mol. The maximum absolute atomic E-state index is 13.1. The van der Waals surface area contributed by atoms with E-state index in [-0.39, 0.29) is 9.81 Å². The van der Waals surface area contributed by atoms with Gasteiger partial charge in [0.2, 0.25) is 0 Å². The first-order chi connectivity index (χ1) is 19.5. The highest BCUT2D eigenvalue weighted by Crippen LogP contribution is 2.52. The molecule has 0 spiro atoms. The van der Waals surface area contributed by atoms with Crippen molar-refractivity contribution in [1.29, 1.82) is 0 Å². The number of ether oxygens (including phenoxy) is 2. The lowest BCUT2D eigenvalue weighted by atomic mass is 10.3. The summed E-state index contributed by atoms with van der Waals surface area (Å²) in [6.45, 7) is 32.1. The molecule has 0 atom stereocenters. The molecule has 0 saturated carbocycles. The molecule has 1 aliphatic rings. The zero-order valence-electron chi connectivity index (χ0n) is 28.7. The highest BCUT2D eigenvalue weighted by molar-refractivity contribution is 8.29. The van der Waals surface area contributed by atoms with Crippen molar-refractivity contribution in [3.63, 3.8) is 0 Å². The van der Waals surface area contributed by atoms with Crippen molar-refractivity contribution in [1.82, 2.24) is 0 Å². The topological polar surface area (TPSA) is 52.6 Å². The van der Waals surface area contributed by atoms with E-state index in [1.54, 1.807) is 0 Å². The first-order valence-corrected chi connectivity index (χ1v) is 21.9. The minimum absolute atomic E-state index is 0.283. The smallest absolute Gasteiger partial charge is 0.346 e. The molecule has 1 aliphatic heterocycles. The van der Waals surface area contributed by atoms with E-state index in [9.17, 15) is 9.59 Å². The summed E-state index contributed by atoms with van der Waals surface area (Å²) in [5.74, 6) is 6.24. The van der Waals surface area contributed by atoms with Crippen LogP contribution in [0.5, 0.6) is 0 Å². The predicted octanol–water partition coefficient (Wildman–Crippen LogP) is 10.2. The Balaban J connectivity index is 4.03. The Hall–Kier alpha value is -1.33. The molecule has 1 heterocycles. The lowest BCUT2D eigenvalue weighted by molar-refractivity contribution is -0.141. The third kappa shape index (κ3) is 8.87. The summed E-state index contributed by atoms with van der Waals surface area (Å²) < 4.78 is 11.7. The highest BCUT2D eigenvalue weighted by atomic mass is 32.2. The van der Waals surface area contributed by atoms with Gasteiger partial charge < -0.3 is 9.47 Å². The molecule has 0 fully saturated rings. The van der Waals surface area contributed by atoms with Gasteiger partial charge in [-0.1, -0.05) is 132 Å². The highest BCUT2D eigenvalue weighted by Gasteiger charge is 2.43. The lowest BCUT2D eigenvalue weighted by Crippen LogP contribution is -2.43. The van der Waals surface area contributed by atoms with Gasteiger partial charge in [0, 0.05) is 0 Å². The number of hydrogen-bond acceptors (Lipinski definition) is 6. The Morgan fingerprint density at radius 1 is 0.595 bits per heavy atom. The molecule has 0 aromatic carbocycles. The van der Waals surface area contributed by atoms with Gasteiger partial charge in [0.15, 0.2) is 0 Å². The summed E-state index contributed by atoms with van der Waals surface area (Å²) in [6, 6.07) is 0. The molecule has 0 unspecified atom stereocenters. The van der Waals surface area contributed by atoms with Crippen LogP contribution in [-0.4, -0.2) is 41.3 Å². The van der Waals surface area contributed by atoms with E-state index in [1.807, 2.05) is 13.8 Å². The van der Waals surface area contributed by atoms with Crippen LogP contribution in [-0.2, 0) is 19.1 Å². The molecular formula is C34H56O4S2Si2. The van der Waals surface area contributed by atoms with Gasteiger partial charge in [0.1, 0.15) is 26.0 Å². The SMILES string of the molecule is CCCOC(=O)C1=C(C(=O)OCCC)SC(=C(C#C[Si](C(C)C)(C(C)C)C(C)C)C#C[Si](C(C)C)(C(C)C)C(C)C)S1. The van der Waals surface area contributed by atoms with E-state index in [1.165, 1.54) is 23.5 Å². The average molecular weight is 649 g/mol. The first-order valence-electron chi connectivity index (χ1n) is 15.8. The second-order valence-electron chi connectivity index (χ2n) is 13.1. The van der Waals surface area contributed by atoms with Crippen LogP contribution in [0.4, 0.5) is 0 Å². The fourth-order valence-electron chi connectivity index (χ4n) is 6.53. The fraction of sp³-hybridized carbons (Fsp3) is 0.706. The summed E-state index contributed by atoms with van der Waals surface area (Å²) in [4.78, 5) is 26.8. The van der Waals surface area contributed by atoms with Gasteiger partial charge in [-0.2, -0.15) is 0 Å². The summed E-state index contributed by atoms with van der Waals surface area (Å²) in [6.07, 6.45) is 1.41. The van der Waals surface area contributed by atoms with Crippen LogP contribution in [0, 0.1) is 22.9 Å². The van der Waals surface area contributed by atoms with Crippen LogP contribution in [0.2, 0.25) is 33.2 Å². The maximum atomic E-state index is 13.1. The lowest BCUT2D eigenvalue weighted by Gasteiger charge is -2.38. The summed E-state index contributed by atoms with van der Waals surface area (Å²) in [5.41, 5.74) is 11.3. The third-order valence-corrected chi connectivity index (χ3v) is 23.7. The van der Waals surface area contributed by atoms with Gasteiger partial charge in [-0.3, -0.25) is 0 Å². The van der Waals surface area contributed by atoms with Gasteiger partial charge >= 0.3 is 11.9 Å². The number of thioether (sulfide) groups is 2. The van der Waals surface area contributed by atoms with E-state index in [0.29, 0.717) is 59.3 Å². The second kappa shape index (κ2) is 17.2. The van der Waals surface area contributed by atoms with Crippen LogP contribution in [0.3, 0.4) is 0 Å². The van der Waals surface area contributed by atoms with Crippen LogP contribution in [0.25, 0.3) is 0 Å². The summed E-state index contributed by atoms with van der Waals surface area (Å²) in [5, 5.41) is 0. The van der Waals surface area contributed by atoms with Gasteiger partial charge in [0.25, 0.3) is 0 Å². The molecule has 0 N–H and O–H groups in total. The van der Waals surface area contributed by atoms with Crippen molar-refractivity contribution in [3.8, 4) is 22.9 Å². The van der Waals surface area contributed by atoms with Gasteiger partial charge in [-0.15, -0.1) is 11.1 Å². The molecule has 0 aromatic heterocycles. The average Bonchev–Trinajstić information content (AvgIpc) is 3.34. The first kappa shape index (κ1) is 38.7. The number of esters is 2. The van der Waals surface area contributed by atoms with Gasteiger partial charge in [-0.25, -0.2) is 9.59 Å². The Morgan fingerprint density at radius 2 is 0.881 bits per heavy atom. The van der Waals surface area contributed by atoms with Gasteiger partial charge in [-0.05, 0) is 46.1 Å². The molecule has 0 saturated heterocycles. The van der Waals surface area contributed by atoms with Crippen molar-refractivity contribution >= 4 is 51.6 Å². The molecule has 8 heteroatoms. The van der Waals surface area contributed by atoms with E-state index in [0.717, 1.165) is 9.81 Å². The Kier molecular flexibility index (Phi) is 15.9. The normalized spacial score (nSPS) is 14.1. The number of rotatable bonds is 12. The summed E-state index contributed by atoms with van der Waals surface area (Å²) >= 11 is 2.54. The molecule has 0 amide bonds. The minimum atomic E-state index is -2.06. The maximum Gasteiger partial charge on any atom is 0.346 e. The van der Waals surface area contributed by atoms with E-state index in [4.69, 9.17) is 9.47 Å². The van der Waals surface area contributed by atoms with Crippen molar-refractivity contribution in [3.05, 3.63) is 19.6 Å². The number of carbonyl (C=O) groups excluding carboxylic acids is 2. The number of carbonyl (C=O) groups is 2. The monoisotopic (exact) mass is 648 g/mol. The van der Waals surface area contributed by atoms with Crippen molar-refractivity contribution in [2.75, 3.05) is 13.2 Å². The zero-order chi connectivity index (χ0) is 32.4. The largest absolute Gasteiger partial charge is 0.462 e. The van der Waals surface area contributed by atoms with Crippen LogP contribution in [0.15, 0.2) is 19.6 Å². The molecule has 0 aromatic rings. The van der Waals surface area contributed by atoms with Crippen molar-refractivity contribution in [2.24, 2.45) is 0 Å². The van der Waals surface area contributed by atoms with Crippen LogP contribution in [0.1, 0.15) is 110 Å². The van der Waals surface area contributed by atoms with E-state index >= 15 is 0 Å². The number of hydrogen-bond donors (Lipinski definition) is 0. The van der Waals surface area contributed by atoms with E-state index in [2.05, 4.69) is 106 Å². The van der Waals surface area contributed by atoms with Crippen LogP contribution < -0.4 is 0 Å². The molecule has 0 bridgehead atoms. The third-order valence-electron chi connectivity index (χ3n) is 8.59. The van der Waals surface area contributed by atoms with Crippen molar-refractivity contribution in [2.45, 2.75) is 143 Å². The summed E-state index contributed by atoms with van der Waals surface area (Å²) in [7, 11) is -4.12. The zero-order valence-corrected chi connectivity index (χ0v) is 32.4. The molecular weight excluding hydrogens is 593 g/mol. The number of allylic oxidation sites excluding steroid dienone is 1. The Labute approximate surface area is 268 Å². The van der Waals surface area contributed by atoms with E-state index < -0.39 is 28.1 Å². The molecule has 1 rings (SSSR count). The van der Waals surface area contributed by atoms with Crippen LogP contribution >= 0.6 is 23.5 Å². The minimum Gasteiger partial charge on any atom is -0.462 e. The fourth-order valence-corrected chi connectivity index (χ4v) is 19.3. The van der Waals surface area contributed by atoms with Gasteiger partial charge in [0.05, 0.1) is 23.0 Å². The molecule has 236 valence electrons. The Morgan fingerprint density at radius 3 is 1.12 bits per heavy atom. The molecule has 0 aliphatic carbocycles. The second-order valence-corrected chi connectivity index (χ2v) is 26.6. The standard InChI is InChI=1S/C34H56O4S2Si2/c1-15-19-37-32(35)30-31(33(36)38-20-16-2)40-34(39-30)29(17-21-41(23(3)4,24(5)6)25(7)8)18-22-42(26(9)10,27(11)12)28(13)14/h23-28H,15-16,19-20H2,1-14H3. The molecule has 0 radical (unpaired) electrons. The molecule has 42 heavy (non-hydrogen) atoms.